The Morgan fingerprint density at radius 2 is 2.53 bits per heavy atom. The molecule has 1 aliphatic heterocycles. The van der Waals surface area contributed by atoms with Crippen molar-refractivity contribution >= 4 is 5.78 Å². The number of methoxy groups -OCH3 is 1. The van der Waals surface area contributed by atoms with Crippen molar-refractivity contribution in [3.05, 3.63) is 23.9 Å². The number of ketones is 1. The number of Topliss-reactive ketones (excluding diaryl/α,β-unsaturated/α-hetero) is 1. The van der Waals surface area contributed by atoms with Crippen LogP contribution in [0.1, 0.15) is 36.0 Å². The zero-order chi connectivity index (χ0) is 12.1. The van der Waals surface area contributed by atoms with Gasteiger partial charge in [0.25, 0.3) is 0 Å². The van der Waals surface area contributed by atoms with E-state index >= 15 is 0 Å². The maximum Gasteiger partial charge on any atom is 0.224 e. The lowest BCUT2D eigenvalue weighted by atomic mass is 10.0. The summed E-state index contributed by atoms with van der Waals surface area (Å²) in [6.07, 6.45) is 5.33. The number of pyridine rings is 1. The van der Waals surface area contributed by atoms with E-state index in [9.17, 15) is 4.79 Å². The normalized spacial score (nSPS) is 19.2. The molecule has 1 unspecified atom stereocenters. The summed E-state index contributed by atoms with van der Waals surface area (Å²) in [6.45, 7) is 0.828. The summed E-state index contributed by atoms with van der Waals surface area (Å²) in [5.41, 5.74) is 0.563. The molecule has 1 aromatic rings. The average Bonchev–Trinajstić information content (AvgIpc) is 2.89. The first kappa shape index (κ1) is 12.0. The predicted molar refractivity (Wildman–Crippen MR) is 63.3 cm³/mol. The minimum Gasteiger partial charge on any atom is -0.480 e. The highest BCUT2D eigenvalue weighted by atomic mass is 16.5. The van der Waals surface area contributed by atoms with Gasteiger partial charge in [-0.25, -0.2) is 4.98 Å². The van der Waals surface area contributed by atoms with Crippen LogP contribution in [-0.2, 0) is 4.74 Å². The molecule has 1 atom stereocenters. The van der Waals surface area contributed by atoms with E-state index in [4.69, 9.17) is 9.47 Å². The van der Waals surface area contributed by atoms with Crippen LogP contribution in [0.15, 0.2) is 18.3 Å². The van der Waals surface area contributed by atoms with Gasteiger partial charge < -0.3 is 9.47 Å². The van der Waals surface area contributed by atoms with Crippen molar-refractivity contribution < 1.29 is 14.3 Å². The third-order valence-corrected chi connectivity index (χ3v) is 2.98. The van der Waals surface area contributed by atoms with Crippen LogP contribution in [0.5, 0.6) is 5.88 Å². The van der Waals surface area contributed by atoms with Gasteiger partial charge in [0.15, 0.2) is 5.78 Å². The molecule has 0 saturated carbocycles. The zero-order valence-corrected chi connectivity index (χ0v) is 10.0. The first-order valence-electron chi connectivity index (χ1n) is 5.95. The second-order valence-corrected chi connectivity index (χ2v) is 4.16. The lowest BCUT2D eigenvalue weighted by Crippen LogP contribution is -2.10. The fourth-order valence-corrected chi connectivity index (χ4v) is 2.06. The Balaban J connectivity index is 1.94. The Bertz CT molecular complexity index is 386. The molecular formula is C13H17NO3. The van der Waals surface area contributed by atoms with E-state index in [2.05, 4.69) is 4.98 Å². The number of carbonyl (C=O) groups is 1. The molecule has 0 spiro atoms. The van der Waals surface area contributed by atoms with Gasteiger partial charge in [0.2, 0.25) is 5.88 Å². The molecule has 92 valence electrons. The molecule has 2 rings (SSSR count). The van der Waals surface area contributed by atoms with Gasteiger partial charge in [-0.2, -0.15) is 0 Å². The maximum atomic E-state index is 12.0. The van der Waals surface area contributed by atoms with Crippen LogP contribution < -0.4 is 4.74 Å². The Labute approximate surface area is 101 Å². The second-order valence-electron chi connectivity index (χ2n) is 4.16. The van der Waals surface area contributed by atoms with Crippen molar-refractivity contribution in [3.63, 3.8) is 0 Å². The van der Waals surface area contributed by atoms with Gasteiger partial charge >= 0.3 is 0 Å². The zero-order valence-electron chi connectivity index (χ0n) is 10.0. The molecule has 17 heavy (non-hydrogen) atoms. The largest absolute Gasteiger partial charge is 0.480 e. The summed E-state index contributed by atoms with van der Waals surface area (Å²) in [6, 6.07) is 3.51. The molecule has 1 saturated heterocycles. The SMILES string of the molecule is COc1ncccc1C(=O)CCC1CCCO1. The van der Waals surface area contributed by atoms with Crippen molar-refractivity contribution in [2.24, 2.45) is 0 Å². The average molecular weight is 235 g/mol. The third kappa shape index (κ3) is 3.03. The van der Waals surface area contributed by atoms with Crippen molar-refractivity contribution in [2.75, 3.05) is 13.7 Å². The summed E-state index contributed by atoms with van der Waals surface area (Å²) in [5.74, 6) is 0.482. The van der Waals surface area contributed by atoms with Crippen LogP contribution in [0, 0.1) is 0 Å². The maximum absolute atomic E-state index is 12.0. The smallest absolute Gasteiger partial charge is 0.224 e. The van der Waals surface area contributed by atoms with Crippen molar-refractivity contribution in [1.82, 2.24) is 4.98 Å². The highest BCUT2D eigenvalue weighted by Crippen LogP contribution is 2.21. The van der Waals surface area contributed by atoms with Crippen LogP contribution in [0.2, 0.25) is 0 Å². The standard InChI is InChI=1S/C13H17NO3/c1-16-13-11(5-2-8-14-13)12(15)7-6-10-4-3-9-17-10/h2,5,8,10H,3-4,6-7,9H2,1H3. The van der Waals surface area contributed by atoms with E-state index in [1.54, 1.807) is 18.3 Å². The van der Waals surface area contributed by atoms with Gasteiger partial charge in [-0.3, -0.25) is 4.79 Å². The van der Waals surface area contributed by atoms with Crippen molar-refractivity contribution in [3.8, 4) is 5.88 Å². The molecule has 2 heterocycles. The predicted octanol–water partition coefficient (Wildman–Crippen LogP) is 2.23. The molecule has 0 aliphatic carbocycles. The molecular weight excluding hydrogens is 218 g/mol. The molecule has 0 amide bonds. The molecule has 4 heteroatoms. The second kappa shape index (κ2) is 5.77. The van der Waals surface area contributed by atoms with E-state index in [0.717, 1.165) is 25.9 Å². The molecule has 0 aromatic carbocycles. The quantitative estimate of drug-likeness (QED) is 0.734. The number of hydrogen-bond acceptors (Lipinski definition) is 4. The number of carbonyl (C=O) groups excluding carboxylic acids is 1. The van der Waals surface area contributed by atoms with Crippen LogP contribution in [-0.4, -0.2) is 30.6 Å². The van der Waals surface area contributed by atoms with E-state index in [0.29, 0.717) is 17.9 Å². The monoisotopic (exact) mass is 235 g/mol. The molecule has 0 bridgehead atoms. The molecule has 1 aliphatic rings. The fourth-order valence-electron chi connectivity index (χ4n) is 2.06. The topological polar surface area (TPSA) is 48.4 Å². The van der Waals surface area contributed by atoms with Crippen LogP contribution >= 0.6 is 0 Å². The molecule has 1 aromatic heterocycles. The van der Waals surface area contributed by atoms with Gasteiger partial charge in [0.05, 0.1) is 18.8 Å². The molecule has 0 radical (unpaired) electrons. The van der Waals surface area contributed by atoms with Crippen LogP contribution in [0.25, 0.3) is 0 Å². The Kier molecular flexibility index (Phi) is 4.09. The van der Waals surface area contributed by atoms with E-state index < -0.39 is 0 Å². The first-order valence-corrected chi connectivity index (χ1v) is 5.95. The first-order chi connectivity index (χ1) is 8.31. The third-order valence-electron chi connectivity index (χ3n) is 2.98. The summed E-state index contributed by atoms with van der Waals surface area (Å²) in [5, 5.41) is 0. The summed E-state index contributed by atoms with van der Waals surface area (Å²) < 4.78 is 10.6. The Morgan fingerprint density at radius 3 is 3.24 bits per heavy atom. The number of ether oxygens (including phenoxy) is 2. The number of hydrogen-bond donors (Lipinski definition) is 0. The highest BCUT2D eigenvalue weighted by Gasteiger charge is 2.19. The van der Waals surface area contributed by atoms with Crippen LogP contribution in [0.3, 0.4) is 0 Å². The number of nitrogens with zero attached hydrogens (tertiary/aromatic N) is 1. The lowest BCUT2D eigenvalue weighted by Gasteiger charge is -2.09. The molecule has 0 N–H and O–H groups in total. The van der Waals surface area contributed by atoms with Gasteiger partial charge in [0, 0.05) is 19.2 Å². The van der Waals surface area contributed by atoms with Gasteiger partial charge in [-0.1, -0.05) is 0 Å². The summed E-state index contributed by atoms with van der Waals surface area (Å²) in [7, 11) is 1.53. The lowest BCUT2D eigenvalue weighted by molar-refractivity contribution is 0.0857. The van der Waals surface area contributed by atoms with E-state index in [-0.39, 0.29) is 11.9 Å². The van der Waals surface area contributed by atoms with Crippen LogP contribution in [0.4, 0.5) is 0 Å². The molecule has 1 fully saturated rings. The van der Waals surface area contributed by atoms with Crippen molar-refractivity contribution in [1.29, 1.82) is 0 Å². The number of rotatable bonds is 5. The number of aromatic nitrogens is 1. The Morgan fingerprint density at radius 1 is 1.65 bits per heavy atom. The van der Waals surface area contributed by atoms with Gasteiger partial charge in [0.1, 0.15) is 0 Å². The Hall–Kier alpha value is -1.42. The van der Waals surface area contributed by atoms with Gasteiger partial charge in [-0.15, -0.1) is 0 Å². The van der Waals surface area contributed by atoms with E-state index in [1.807, 2.05) is 0 Å². The van der Waals surface area contributed by atoms with Crippen molar-refractivity contribution in [2.45, 2.75) is 31.8 Å². The van der Waals surface area contributed by atoms with Gasteiger partial charge in [-0.05, 0) is 31.4 Å². The minimum absolute atomic E-state index is 0.0745. The summed E-state index contributed by atoms with van der Waals surface area (Å²) in [4.78, 5) is 16.0. The minimum atomic E-state index is 0.0745. The van der Waals surface area contributed by atoms with E-state index in [1.165, 1.54) is 7.11 Å². The summed E-state index contributed by atoms with van der Waals surface area (Å²) >= 11 is 0. The highest BCUT2D eigenvalue weighted by molar-refractivity contribution is 5.98. The fraction of sp³-hybridized carbons (Fsp3) is 0.538. The molecule has 4 nitrogen and oxygen atoms in total.